The van der Waals surface area contributed by atoms with Crippen LogP contribution in [0, 0.1) is 12.8 Å². The summed E-state index contributed by atoms with van der Waals surface area (Å²) in [5.74, 6) is 0.115. The van der Waals surface area contributed by atoms with Gasteiger partial charge in [-0.25, -0.2) is 0 Å². The van der Waals surface area contributed by atoms with Crippen LogP contribution in [-0.4, -0.2) is 12.6 Å². The molecule has 6 heteroatoms. The van der Waals surface area contributed by atoms with Gasteiger partial charge in [-0.3, -0.25) is 4.99 Å². The van der Waals surface area contributed by atoms with Gasteiger partial charge in [-0.15, -0.1) is 13.2 Å². The van der Waals surface area contributed by atoms with Crippen molar-refractivity contribution in [1.82, 2.24) is 5.32 Å². The molecule has 34 heavy (non-hydrogen) atoms. The molecular formula is C28H35F3N2O. The highest BCUT2D eigenvalue weighted by molar-refractivity contribution is 5.76. The van der Waals surface area contributed by atoms with Gasteiger partial charge < -0.3 is 10.1 Å². The molecule has 0 radical (unpaired) electrons. The maximum absolute atomic E-state index is 12.5. The number of ether oxygens (including phenoxy) is 1. The van der Waals surface area contributed by atoms with Crippen LogP contribution in [0.4, 0.5) is 18.9 Å². The van der Waals surface area contributed by atoms with E-state index in [1.165, 1.54) is 17.7 Å². The number of nitrogens with zero attached hydrogens (tertiary/aromatic N) is 1. The van der Waals surface area contributed by atoms with Gasteiger partial charge in [0.25, 0.3) is 0 Å². The first-order valence-corrected chi connectivity index (χ1v) is 11.8. The van der Waals surface area contributed by atoms with Gasteiger partial charge in [0, 0.05) is 18.5 Å². The second kappa shape index (κ2) is 12.4. The van der Waals surface area contributed by atoms with Gasteiger partial charge in [0.2, 0.25) is 0 Å². The molecule has 2 aromatic carbocycles. The molecule has 0 bridgehead atoms. The van der Waals surface area contributed by atoms with Crippen molar-refractivity contribution in [3.8, 4) is 16.9 Å². The average Bonchev–Trinajstić information content (AvgIpc) is 3.65. The highest BCUT2D eigenvalue weighted by Gasteiger charge is 2.31. The van der Waals surface area contributed by atoms with E-state index in [-0.39, 0.29) is 5.75 Å². The van der Waals surface area contributed by atoms with Crippen LogP contribution in [0.15, 0.2) is 65.3 Å². The number of alkyl halides is 3. The van der Waals surface area contributed by atoms with E-state index in [1.54, 1.807) is 12.1 Å². The SMILES string of the molecule is C=CC(NCc1cc(N=CC(C)CC)c(C)c(-c2ccc(OC(F)(F)F)cc2)c1)=C1CC1.CC. The highest BCUT2D eigenvalue weighted by Crippen LogP contribution is 2.35. The van der Waals surface area contributed by atoms with Gasteiger partial charge in [0.05, 0.1) is 5.69 Å². The van der Waals surface area contributed by atoms with Crippen LogP contribution in [0.25, 0.3) is 11.1 Å². The van der Waals surface area contributed by atoms with Crippen LogP contribution in [0.3, 0.4) is 0 Å². The fourth-order valence-electron chi connectivity index (χ4n) is 3.31. The van der Waals surface area contributed by atoms with Crippen molar-refractivity contribution in [3.63, 3.8) is 0 Å². The van der Waals surface area contributed by atoms with Crippen LogP contribution in [-0.2, 0) is 6.54 Å². The topological polar surface area (TPSA) is 33.6 Å². The first-order chi connectivity index (χ1) is 16.2. The largest absolute Gasteiger partial charge is 0.573 e. The van der Waals surface area contributed by atoms with Crippen molar-refractivity contribution in [1.29, 1.82) is 0 Å². The fourth-order valence-corrected chi connectivity index (χ4v) is 3.31. The van der Waals surface area contributed by atoms with Crippen LogP contribution in [0.1, 0.15) is 58.1 Å². The lowest BCUT2D eigenvalue weighted by Crippen LogP contribution is -2.16. The summed E-state index contributed by atoms with van der Waals surface area (Å²) in [5, 5.41) is 3.45. The second-order valence-electron chi connectivity index (χ2n) is 8.10. The molecule has 1 unspecified atom stereocenters. The van der Waals surface area contributed by atoms with Crippen molar-refractivity contribution in [2.24, 2.45) is 10.9 Å². The zero-order chi connectivity index (χ0) is 25.3. The molecule has 1 aliphatic carbocycles. The Morgan fingerprint density at radius 2 is 1.82 bits per heavy atom. The van der Waals surface area contributed by atoms with E-state index in [9.17, 15) is 13.2 Å². The summed E-state index contributed by atoms with van der Waals surface area (Å²) >= 11 is 0. The predicted octanol–water partition coefficient (Wildman–Crippen LogP) is 8.66. The first kappa shape index (κ1) is 27.2. The average molecular weight is 473 g/mol. The zero-order valence-corrected chi connectivity index (χ0v) is 20.7. The number of hydrogen-bond donors (Lipinski definition) is 1. The van der Waals surface area contributed by atoms with Crippen molar-refractivity contribution in [3.05, 3.63) is 71.5 Å². The van der Waals surface area contributed by atoms with Gasteiger partial charge in [-0.2, -0.15) is 0 Å². The molecule has 3 nitrogen and oxygen atoms in total. The van der Waals surface area contributed by atoms with E-state index in [2.05, 4.69) is 42.6 Å². The Balaban J connectivity index is 0.00000199. The van der Waals surface area contributed by atoms with E-state index < -0.39 is 6.36 Å². The maximum atomic E-state index is 12.5. The Kier molecular flexibility index (Phi) is 9.97. The third-order valence-electron chi connectivity index (χ3n) is 5.52. The summed E-state index contributed by atoms with van der Waals surface area (Å²) in [6, 6.07) is 10.1. The van der Waals surface area contributed by atoms with Gasteiger partial charge in [-0.05, 0) is 90.3 Å². The summed E-state index contributed by atoms with van der Waals surface area (Å²) in [7, 11) is 0. The lowest BCUT2D eigenvalue weighted by molar-refractivity contribution is -0.274. The fraction of sp³-hybridized carbons (Fsp3) is 0.393. The zero-order valence-electron chi connectivity index (χ0n) is 20.7. The van der Waals surface area contributed by atoms with E-state index in [1.807, 2.05) is 33.1 Å². The van der Waals surface area contributed by atoms with E-state index in [0.29, 0.717) is 12.5 Å². The molecule has 0 saturated heterocycles. The molecule has 0 amide bonds. The van der Waals surface area contributed by atoms with Crippen molar-refractivity contribution >= 4 is 11.9 Å². The minimum atomic E-state index is -4.71. The van der Waals surface area contributed by atoms with Gasteiger partial charge in [0.1, 0.15) is 5.75 Å². The number of halogens is 3. The molecule has 0 aliphatic heterocycles. The molecule has 1 aliphatic rings. The van der Waals surface area contributed by atoms with Crippen LogP contribution in [0.2, 0.25) is 0 Å². The van der Waals surface area contributed by atoms with Crippen molar-refractivity contribution in [2.45, 2.75) is 66.8 Å². The molecule has 2 aromatic rings. The van der Waals surface area contributed by atoms with E-state index in [4.69, 9.17) is 4.99 Å². The monoisotopic (exact) mass is 472 g/mol. The normalized spacial score (nSPS) is 13.7. The van der Waals surface area contributed by atoms with E-state index in [0.717, 1.165) is 52.9 Å². The van der Waals surface area contributed by atoms with Gasteiger partial charge >= 0.3 is 6.36 Å². The summed E-state index contributed by atoms with van der Waals surface area (Å²) < 4.78 is 41.5. The Morgan fingerprint density at radius 1 is 1.18 bits per heavy atom. The number of hydrogen-bond acceptors (Lipinski definition) is 3. The van der Waals surface area contributed by atoms with Crippen molar-refractivity contribution < 1.29 is 17.9 Å². The summed E-state index contributed by atoms with van der Waals surface area (Å²) in [6.07, 6.45) is 2.28. The van der Waals surface area contributed by atoms with Crippen LogP contribution < -0.4 is 10.1 Å². The molecule has 3 rings (SSSR count). The minimum absolute atomic E-state index is 0.238. The molecule has 1 atom stereocenters. The van der Waals surface area contributed by atoms with Crippen LogP contribution >= 0.6 is 0 Å². The molecule has 0 aromatic heterocycles. The predicted molar refractivity (Wildman–Crippen MR) is 136 cm³/mol. The van der Waals surface area contributed by atoms with E-state index >= 15 is 0 Å². The third kappa shape index (κ3) is 8.08. The lowest BCUT2D eigenvalue weighted by Gasteiger charge is -2.15. The quantitative estimate of drug-likeness (QED) is 0.371. The number of nitrogens with one attached hydrogen (secondary N) is 1. The minimum Gasteiger partial charge on any atom is -0.406 e. The standard InChI is InChI=1S/C26H29F3N2O.C2H6/c1-5-17(3)15-30-25-14-19(16-31-24(6-2)21-7-8-21)13-23(18(25)4)20-9-11-22(12-10-20)32-26(27,28)29;1-2/h6,9-15,17,31H,2,5,7-8,16H2,1,3-4H3;1-2H3. The Morgan fingerprint density at radius 3 is 2.35 bits per heavy atom. The Labute approximate surface area is 201 Å². The summed E-state index contributed by atoms with van der Waals surface area (Å²) in [6.45, 7) is 14.7. The number of allylic oxidation sites excluding steroid dienone is 2. The molecule has 1 N–H and O–H groups in total. The van der Waals surface area contributed by atoms with Crippen molar-refractivity contribution in [2.75, 3.05) is 0 Å². The lowest BCUT2D eigenvalue weighted by atomic mass is 9.96. The Bertz CT molecular complexity index is 1020. The Hall–Kier alpha value is -3.02. The highest BCUT2D eigenvalue weighted by atomic mass is 19.4. The molecule has 0 heterocycles. The summed E-state index contributed by atoms with van der Waals surface area (Å²) in [5.41, 5.74) is 7.06. The molecule has 1 saturated carbocycles. The third-order valence-corrected chi connectivity index (χ3v) is 5.52. The number of benzene rings is 2. The smallest absolute Gasteiger partial charge is 0.406 e. The summed E-state index contributed by atoms with van der Waals surface area (Å²) in [4.78, 5) is 4.73. The second-order valence-corrected chi connectivity index (χ2v) is 8.10. The number of aliphatic imine (C=N–C) groups is 1. The first-order valence-electron chi connectivity index (χ1n) is 11.8. The number of rotatable bonds is 9. The molecule has 184 valence electrons. The van der Waals surface area contributed by atoms with Gasteiger partial charge in [-0.1, -0.05) is 46.4 Å². The van der Waals surface area contributed by atoms with Gasteiger partial charge in [0.15, 0.2) is 0 Å². The van der Waals surface area contributed by atoms with Crippen LogP contribution in [0.5, 0.6) is 5.75 Å². The molecule has 0 spiro atoms. The molecular weight excluding hydrogens is 437 g/mol. The maximum Gasteiger partial charge on any atom is 0.573 e. The molecule has 1 fully saturated rings.